The van der Waals surface area contributed by atoms with Gasteiger partial charge in [0.25, 0.3) is 0 Å². The molecule has 92 valence electrons. The van der Waals surface area contributed by atoms with E-state index < -0.39 is 18.3 Å². The van der Waals surface area contributed by atoms with E-state index in [1.165, 1.54) is 0 Å². The summed E-state index contributed by atoms with van der Waals surface area (Å²) in [7, 11) is 0. The van der Waals surface area contributed by atoms with Gasteiger partial charge in [-0.05, 0) is 32.0 Å². The van der Waals surface area contributed by atoms with Gasteiger partial charge in [0, 0.05) is 15.6 Å². The lowest BCUT2D eigenvalue weighted by Crippen LogP contribution is -2.24. The van der Waals surface area contributed by atoms with Crippen LogP contribution in [0.3, 0.4) is 0 Å². The third kappa shape index (κ3) is 3.86. The Morgan fingerprint density at radius 2 is 2.00 bits per heavy atom. The summed E-state index contributed by atoms with van der Waals surface area (Å²) in [6.45, 7) is 3.28. The summed E-state index contributed by atoms with van der Waals surface area (Å²) in [5.74, 6) is 0. The van der Waals surface area contributed by atoms with Crippen molar-refractivity contribution in [1.82, 2.24) is 0 Å². The number of ether oxygens (including phenoxy) is 1. The van der Waals surface area contributed by atoms with Crippen LogP contribution >= 0.6 is 23.2 Å². The zero-order valence-corrected chi connectivity index (χ0v) is 11.0. The second kappa shape index (κ2) is 6.23. The maximum Gasteiger partial charge on any atom is 0.171 e. The molecule has 1 aromatic carbocycles. The molecule has 0 aliphatic carbocycles. The topological polar surface area (TPSA) is 53.2 Å². The van der Waals surface area contributed by atoms with Crippen molar-refractivity contribution in [2.24, 2.45) is 0 Å². The highest BCUT2D eigenvalue weighted by Gasteiger charge is 2.20. The molecule has 0 aromatic heterocycles. The van der Waals surface area contributed by atoms with Crippen LogP contribution in [0.25, 0.3) is 0 Å². The lowest BCUT2D eigenvalue weighted by molar-refractivity contribution is -0.0425. The highest BCUT2D eigenvalue weighted by Crippen LogP contribution is 2.29. The molecule has 3 nitrogen and oxygen atoms in total. The van der Waals surface area contributed by atoms with E-state index in [0.717, 1.165) is 0 Å². The fourth-order valence-corrected chi connectivity index (χ4v) is 1.61. The standard InChI is InChI=1S/C12H13Cl2NO2/c1-7(16)8(2)17-12(6-15)10-5-9(13)3-4-11(10)14/h3-5,7-8,12,16H,1-2H3. The number of aliphatic hydroxyl groups excluding tert-OH is 1. The van der Waals surface area contributed by atoms with Crippen LogP contribution in [0.4, 0.5) is 0 Å². The molecule has 0 heterocycles. The summed E-state index contributed by atoms with van der Waals surface area (Å²) in [6.07, 6.45) is -1.97. The Balaban J connectivity index is 2.95. The average Bonchev–Trinajstić information content (AvgIpc) is 2.29. The number of hydrogen-bond acceptors (Lipinski definition) is 3. The third-order valence-electron chi connectivity index (χ3n) is 2.39. The summed E-state index contributed by atoms with van der Waals surface area (Å²) < 4.78 is 5.43. The summed E-state index contributed by atoms with van der Waals surface area (Å²) in [5, 5.41) is 19.3. The predicted octanol–water partition coefficient (Wildman–Crippen LogP) is 3.34. The van der Waals surface area contributed by atoms with Crippen LogP contribution in [0, 0.1) is 11.3 Å². The Morgan fingerprint density at radius 3 is 2.53 bits per heavy atom. The Labute approximate surface area is 111 Å². The highest BCUT2D eigenvalue weighted by atomic mass is 35.5. The number of nitrogens with zero attached hydrogens (tertiary/aromatic N) is 1. The van der Waals surface area contributed by atoms with Crippen molar-refractivity contribution in [1.29, 1.82) is 5.26 Å². The molecule has 1 N–H and O–H groups in total. The molecular formula is C12H13Cl2NO2. The molecule has 0 spiro atoms. The molecule has 17 heavy (non-hydrogen) atoms. The van der Waals surface area contributed by atoms with Gasteiger partial charge in [-0.15, -0.1) is 0 Å². The minimum atomic E-state index is -0.842. The van der Waals surface area contributed by atoms with E-state index in [1.807, 2.05) is 6.07 Å². The molecule has 0 saturated carbocycles. The first-order valence-corrected chi connectivity index (χ1v) is 5.89. The quantitative estimate of drug-likeness (QED) is 0.916. The number of benzene rings is 1. The van der Waals surface area contributed by atoms with Crippen LogP contribution in [0.2, 0.25) is 10.0 Å². The fourth-order valence-electron chi connectivity index (χ4n) is 1.22. The molecule has 0 amide bonds. The summed E-state index contributed by atoms with van der Waals surface area (Å²) >= 11 is 11.8. The monoisotopic (exact) mass is 273 g/mol. The molecule has 0 saturated heterocycles. The van der Waals surface area contributed by atoms with E-state index in [1.54, 1.807) is 32.0 Å². The highest BCUT2D eigenvalue weighted by molar-refractivity contribution is 6.33. The number of halogens is 2. The summed E-state index contributed by atoms with van der Waals surface area (Å²) in [5.41, 5.74) is 0.508. The van der Waals surface area contributed by atoms with Crippen molar-refractivity contribution in [3.63, 3.8) is 0 Å². The van der Waals surface area contributed by atoms with Gasteiger partial charge < -0.3 is 9.84 Å². The van der Waals surface area contributed by atoms with Crippen molar-refractivity contribution < 1.29 is 9.84 Å². The first-order chi connectivity index (χ1) is 7.95. The second-order valence-corrected chi connectivity index (χ2v) is 4.60. The van der Waals surface area contributed by atoms with Gasteiger partial charge in [-0.3, -0.25) is 0 Å². The first kappa shape index (κ1) is 14.3. The van der Waals surface area contributed by atoms with Crippen LogP contribution in [-0.2, 0) is 4.74 Å². The van der Waals surface area contributed by atoms with Gasteiger partial charge in [-0.2, -0.15) is 5.26 Å². The van der Waals surface area contributed by atoms with Gasteiger partial charge in [0.05, 0.1) is 18.3 Å². The van der Waals surface area contributed by atoms with E-state index in [2.05, 4.69) is 0 Å². The van der Waals surface area contributed by atoms with Gasteiger partial charge >= 0.3 is 0 Å². The molecule has 0 fully saturated rings. The van der Waals surface area contributed by atoms with Crippen molar-refractivity contribution in [3.8, 4) is 6.07 Å². The molecule has 0 aliphatic heterocycles. The smallest absolute Gasteiger partial charge is 0.171 e. The number of rotatable bonds is 4. The Hall–Kier alpha value is -0.790. The van der Waals surface area contributed by atoms with Crippen molar-refractivity contribution in [3.05, 3.63) is 33.8 Å². The second-order valence-electron chi connectivity index (χ2n) is 3.76. The van der Waals surface area contributed by atoms with Crippen LogP contribution in [-0.4, -0.2) is 17.3 Å². The predicted molar refractivity (Wildman–Crippen MR) is 67.0 cm³/mol. The molecule has 0 aliphatic rings. The Kier molecular flexibility index (Phi) is 5.23. The van der Waals surface area contributed by atoms with Gasteiger partial charge in [0.1, 0.15) is 0 Å². The maximum absolute atomic E-state index is 9.34. The average molecular weight is 274 g/mol. The van der Waals surface area contributed by atoms with Crippen LogP contribution < -0.4 is 0 Å². The van der Waals surface area contributed by atoms with Crippen molar-refractivity contribution in [2.75, 3.05) is 0 Å². The zero-order valence-electron chi connectivity index (χ0n) is 9.52. The molecule has 3 unspecified atom stereocenters. The Morgan fingerprint density at radius 1 is 1.35 bits per heavy atom. The maximum atomic E-state index is 9.34. The zero-order chi connectivity index (χ0) is 13.0. The van der Waals surface area contributed by atoms with Gasteiger partial charge in [-0.25, -0.2) is 0 Å². The molecule has 0 bridgehead atoms. The van der Waals surface area contributed by atoms with E-state index in [9.17, 15) is 5.11 Å². The van der Waals surface area contributed by atoms with Gasteiger partial charge in [0.15, 0.2) is 6.10 Å². The van der Waals surface area contributed by atoms with Crippen LogP contribution in [0.1, 0.15) is 25.5 Å². The molecular weight excluding hydrogens is 261 g/mol. The lowest BCUT2D eigenvalue weighted by Gasteiger charge is -2.20. The lowest BCUT2D eigenvalue weighted by atomic mass is 10.1. The van der Waals surface area contributed by atoms with E-state index in [4.69, 9.17) is 33.2 Å². The number of nitriles is 1. The van der Waals surface area contributed by atoms with Crippen molar-refractivity contribution >= 4 is 23.2 Å². The molecule has 1 aromatic rings. The minimum Gasteiger partial charge on any atom is -0.391 e. The van der Waals surface area contributed by atoms with E-state index in [-0.39, 0.29) is 0 Å². The van der Waals surface area contributed by atoms with E-state index >= 15 is 0 Å². The molecule has 0 radical (unpaired) electrons. The molecule has 1 rings (SSSR count). The van der Waals surface area contributed by atoms with Crippen LogP contribution in [0.15, 0.2) is 18.2 Å². The fraction of sp³-hybridized carbons (Fsp3) is 0.417. The summed E-state index contributed by atoms with van der Waals surface area (Å²) in [6, 6.07) is 6.84. The molecule has 5 heteroatoms. The largest absolute Gasteiger partial charge is 0.391 e. The number of aliphatic hydroxyl groups is 1. The first-order valence-electron chi connectivity index (χ1n) is 5.13. The van der Waals surface area contributed by atoms with Crippen LogP contribution in [0.5, 0.6) is 0 Å². The Bertz CT molecular complexity index is 429. The molecule has 3 atom stereocenters. The minimum absolute atomic E-state index is 0.416. The number of hydrogen-bond donors (Lipinski definition) is 1. The van der Waals surface area contributed by atoms with E-state index in [0.29, 0.717) is 15.6 Å². The SMILES string of the molecule is CC(O)C(C)OC(C#N)c1cc(Cl)ccc1Cl. The van der Waals surface area contributed by atoms with Crippen molar-refractivity contribution in [2.45, 2.75) is 32.2 Å². The van der Waals surface area contributed by atoms with Gasteiger partial charge in [0.2, 0.25) is 0 Å². The van der Waals surface area contributed by atoms with Gasteiger partial charge in [-0.1, -0.05) is 23.2 Å². The summed E-state index contributed by atoms with van der Waals surface area (Å²) in [4.78, 5) is 0. The third-order valence-corrected chi connectivity index (χ3v) is 2.97. The normalized spacial score (nSPS) is 16.0.